The van der Waals surface area contributed by atoms with Crippen LogP contribution in [-0.2, 0) is 62.3 Å². The molecule has 478 valence electrons. The Morgan fingerprint density at radius 1 is 0.459 bits per heavy atom. The fraction of sp³-hybridized carbons (Fsp3) is 0.680. The van der Waals surface area contributed by atoms with Gasteiger partial charge in [-0.3, -0.25) is 78.6 Å². The molecule has 0 aliphatic carbocycles. The first-order valence-electron chi connectivity index (χ1n) is 27.9. The molecular weight excluding hydrogens is 1120 g/mol. The summed E-state index contributed by atoms with van der Waals surface area (Å²) in [5, 5.41) is 52.9. The monoisotopic (exact) mass is 1210 g/mol. The zero-order chi connectivity index (χ0) is 64.5. The Labute approximate surface area is 492 Å². The average molecular weight is 1210 g/mol. The number of amides is 13. The molecule has 0 saturated carbocycles. The normalized spacial score (nSPS) is 15.4. The van der Waals surface area contributed by atoms with Crippen LogP contribution < -0.4 is 98.2 Å². The molecule has 1 rings (SSSR count). The van der Waals surface area contributed by atoms with Crippen molar-refractivity contribution < 1.29 is 62.3 Å². The topological polar surface area (TPSA) is 597 Å². The SMILES string of the molecule is CNC(=O)[C@H](CCC(N)=O)NC(=O)[C@@H]1CCCN1C(=O)[C@H](CCCNC(=N)N)NC(=O)[C@H](CCCNC(=N)N)NC(=O)[C@H](CCC(N)=O)NC(=O)[C@H](C)NC(=O)[C@H](CCC(N)=O)NC(=O)[C@H](CCCNC(=N)N)NC(=O)[C@H](CC(C)C)NC(C)=O. The zero-order valence-corrected chi connectivity index (χ0v) is 48.9. The Morgan fingerprint density at radius 3 is 1.19 bits per heavy atom. The summed E-state index contributed by atoms with van der Waals surface area (Å²) in [7, 11) is 1.33. The van der Waals surface area contributed by atoms with E-state index in [2.05, 4.69) is 63.8 Å². The highest BCUT2D eigenvalue weighted by molar-refractivity contribution is 5.99. The quantitative estimate of drug-likeness (QED) is 0.0154. The Bertz CT molecular complexity index is 2390. The van der Waals surface area contributed by atoms with Gasteiger partial charge in [0.05, 0.1) is 0 Å². The largest absolute Gasteiger partial charge is 0.370 e. The Kier molecular flexibility index (Phi) is 33.6. The molecular formula is C50H90N22O13. The van der Waals surface area contributed by atoms with Gasteiger partial charge in [-0.2, -0.15) is 0 Å². The maximum absolute atomic E-state index is 14.5. The van der Waals surface area contributed by atoms with Crippen LogP contribution in [0.2, 0.25) is 0 Å². The standard InChI is InChI=1S/C50H90N22O13/c1-25(2)24-34(65-27(4)73)45(83)68-28(10-6-20-61-48(54)55)42(80)69-31(15-18-37(52)75)41(79)64-26(3)39(77)66-32(16-19-38(53)76)44(82)67-29(11-7-21-62-49(56)57)43(81)71-33(12-8-22-63-50(58)59)47(85)72-23-9-13-35(72)46(84)70-30(40(78)60-5)14-17-36(51)74/h25-26,28-35H,6-24H2,1-5H3,(H2,51,74)(H2,52,75)(H2,53,76)(H,60,78)(H,64,79)(H,65,73)(H,66,77)(H,67,82)(H,68,83)(H,69,80)(H,70,84)(H,71,81)(H4,54,55,61)(H4,56,57,62)(H4,58,59,63)/t26-,28-,29-,30-,31-,32-,33-,34-,35-/m0/s1. The number of nitrogens with zero attached hydrogens (tertiary/aromatic N) is 1. The van der Waals surface area contributed by atoms with Crippen LogP contribution in [0.5, 0.6) is 0 Å². The molecule has 0 spiro atoms. The highest BCUT2D eigenvalue weighted by Crippen LogP contribution is 2.21. The van der Waals surface area contributed by atoms with Crippen LogP contribution in [0.25, 0.3) is 0 Å². The lowest BCUT2D eigenvalue weighted by molar-refractivity contribution is -0.142. The number of primary amides is 3. The van der Waals surface area contributed by atoms with Crippen molar-refractivity contribution in [1.82, 2.24) is 68.7 Å². The van der Waals surface area contributed by atoms with Crippen LogP contribution in [0.1, 0.15) is 124 Å². The van der Waals surface area contributed by atoms with Crippen molar-refractivity contribution in [2.75, 3.05) is 33.2 Å². The van der Waals surface area contributed by atoms with Crippen LogP contribution in [-0.4, -0.2) is 187 Å². The second-order valence-electron chi connectivity index (χ2n) is 20.7. The van der Waals surface area contributed by atoms with E-state index in [1.807, 2.05) is 13.8 Å². The molecule has 0 bridgehead atoms. The van der Waals surface area contributed by atoms with Gasteiger partial charge in [-0.25, -0.2) is 0 Å². The summed E-state index contributed by atoms with van der Waals surface area (Å²) in [4.78, 5) is 173. The molecule has 0 aromatic rings. The van der Waals surface area contributed by atoms with Gasteiger partial charge in [0, 0.05) is 59.4 Å². The summed E-state index contributed by atoms with van der Waals surface area (Å²) < 4.78 is 0. The fourth-order valence-electron chi connectivity index (χ4n) is 8.71. The second-order valence-corrected chi connectivity index (χ2v) is 20.7. The lowest BCUT2D eigenvalue weighted by Crippen LogP contribution is -2.60. The van der Waals surface area contributed by atoms with Crippen LogP contribution >= 0.6 is 0 Å². The first-order chi connectivity index (χ1) is 39.9. The van der Waals surface area contributed by atoms with Crippen molar-refractivity contribution in [1.29, 1.82) is 16.2 Å². The summed E-state index contributed by atoms with van der Waals surface area (Å²) in [6.45, 7) is 6.25. The van der Waals surface area contributed by atoms with E-state index in [0.717, 1.165) is 0 Å². The van der Waals surface area contributed by atoms with Gasteiger partial charge in [-0.1, -0.05) is 13.8 Å². The number of guanidine groups is 3. The molecule has 0 unspecified atom stereocenters. The first-order valence-corrected chi connectivity index (χ1v) is 27.9. The molecule has 27 N–H and O–H groups in total. The lowest BCUT2D eigenvalue weighted by atomic mass is 10.0. The number of carbonyl (C=O) groups is 13. The lowest BCUT2D eigenvalue weighted by Gasteiger charge is -2.31. The van der Waals surface area contributed by atoms with Crippen LogP contribution in [0.3, 0.4) is 0 Å². The highest BCUT2D eigenvalue weighted by atomic mass is 16.2. The molecule has 35 nitrogen and oxygen atoms in total. The van der Waals surface area contributed by atoms with E-state index >= 15 is 0 Å². The second kappa shape index (κ2) is 38.6. The average Bonchev–Trinajstić information content (AvgIpc) is 3.62. The predicted molar refractivity (Wildman–Crippen MR) is 308 cm³/mol. The molecule has 0 radical (unpaired) electrons. The van der Waals surface area contributed by atoms with Gasteiger partial charge >= 0.3 is 0 Å². The number of likely N-dealkylation sites (tertiary alicyclic amines) is 1. The van der Waals surface area contributed by atoms with Gasteiger partial charge in [0.25, 0.3) is 0 Å². The Morgan fingerprint density at radius 2 is 0.812 bits per heavy atom. The van der Waals surface area contributed by atoms with Crippen LogP contribution in [0.15, 0.2) is 0 Å². The minimum atomic E-state index is -1.64. The van der Waals surface area contributed by atoms with Gasteiger partial charge in [0.2, 0.25) is 76.8 Å². The molecule has 13 amide bonds. The van der Waals surface area contributed by atoms with E-state index in [-0.39, 0.29) is 108 Å². The predicted octanol–water partition coefficient (Wildman–Crippen LogP) is -7.73. The molecule has 35 heteroatoms. The summed E-state index contributed by atoms with van der Waals surface area (Å²) >= 11 is 0. The number of likely N-dealkylation sites (N-methyl/N-ethyl adjacent to an activating group) is 1. The highest BCUT2D eigenvalue weighted by Gasteiger charge is 2.40. The maximum atomic E-state index is 14.5. The minimum Gasteiger partial charge on any atom is -0.370 e. The van der Waals surface area contributed by atoms with Crippen molar-refractivity contribution in [3.63, 3.8) is 0 Å². The third-order valence-electron chi connectivity index (χ3n) is 13.0. The van der Waals surface area contributed by atoms with E-state index in [4.69, 9.17) is 50.6 Å². The molecule has 1 heterocycles. The van der Waals surface area contributed by atoms with Gasteiger partial charge < -0.3 is 103 Å². The first kappa shape index (κ1) is 73.9. The third-order valence-corrected chi connectivity index (χ3v) is 13.0. The summed E-state index contributed by atoms with van der Waals surface area (Å²) in [6, 6.07) is -12.4. The molecule has 85 heavy (non-hydrogen) atoms. The van der Waals surface area contributed by atoms with Gasteiger partial charge in [0.15, 0.2) is 17.9 Å². The van der Waals surface area contributed by atoms with Crippen LogP contribution in [0, 0.1) is 22.1 Å². The van der Waals surface area contributed by atoms with Gasteiger partial charge in [-0.05, 0) is 89.9 Å². The van der Waals surface area contributed by atoms with E-state index in [0.29, 0.717) is 6.42 Å². The molecule has 1 fully saturated rings. The minimum absolute atomic E-state index is 0.0142. The van der Waals surface area contributed by atoms with Crippen molar-refractivity contribution in [3.05, 3.63) is 0 Å². The molecule has 9 atom stereocenters. The van der Waals surface area contributed by atoms with Gasteiger partial charge in [-0.15, -0.1) is 0 Å². The summed E-state index contributed by atoms with van der Waals surface area (Å²) in [5.74, 6) is -12.0. The van der Waals surface area contributed by atoms with Crippen molar-refractivity contribution in [2.45, 2.75) is 178 Å². The zero-order valence-electron chi connectivity index (χ0n) is 48.9. The van der Waals surface area contributed by atoms with E-state index in [1.54, 1.807) is 0 Å². The molecule has 0 aromatic heterocycles. The molecule has 0 aromatic carbocycles. The fourth-order valence-corrected chi connectivity index (χ4v) is 8.71. The number of carbonyl (C=O) groups excluding carboxylic acids is 13. The number of nitrogens with two attached hydrogens (primary N) is 6. The smallest absolute Gasteiger partial charge is 0.245 e. The van der Waals surface area contributed by atoms with E-state index in [1.165, 1.54) is 25.8 Å². The number of hydrogen-bond donors (Lipinski definition) is 21. The van der Waals surface area contributed by atoms with Crippen molar-refractivity contribution in [2.24, 2.45) is 40.3 Å². The van der Waals surface area contributed by atoms with Crippen LogP contribution in [0.4, 0.5) is 0 Å². The number of nitrogens with one attached hydrogen (secondary N) is 15. The van der Waals surface area contributed by atoms with Crippen molar-refractivity contribution >= 4 is 94.7 Å². The third kappa shape index (κ3) is 30.2. The molecule has 1 saturated heterocycles. The van der Waals surface area contributed by atoms with E-state index in [9.17, 15) is 62.3 Å². The Balaban J connectivity index is 3.59. The molecule has 1 aliphatic rings. The number of hydrogen-bond acceptors (Lipinski definition) is 16. The summed E-state index contributed by atoms with van der Waals surface area (Å²) in [6.07, 6.45) is -1.52. The van der Waals surface area contributed by atoms with Gasteiger partial charge in [0.1, 0.15) is 54.4 Å². The summed E-state index contributed by atoms with van der Waals surface area (Å²) in [5.41, 5.74) is 32.4. The van der Waals surface area contributed by atoms with E-state index < -0.39 is 163 Å². The maximum Gasteiger partial charge on any atom is 0.245 e. The van der Waals surface area contributed by atoms with Crippen molar-refractivity contribution in [3.8, 4) is 0 Å². The molecule has 1 aliphatic heterocycles. The Hall–Kier alpha value is -9.08. The number of rotatable bonds is 40.